The van der Waals surface area contributed by atoms with Gasteiger partial charge in [0.1, 0.15) is 0 Å². The molecule has 0 atom stereocenters. The van der Waals surface area contributed by atoms with Crippen LogP contribution in [0, 0.1) is 0 Å². The molecular weight excluding hydrogens is 264 g/mol. The van der Waals surface area contributed by atoms with Crippen LogP contribution in [0.1, 0.15) is 11.1 Å². The highest BCUT2D eigenvalue weighted by Crippen LogP contribution is 2.00. The zero-order chi connectivity index (χ0) is 12.6. The highest BCUT2D eigenvalue weighted by Gasteiger charge is 2.01. The van der Waals surface area contributed by atoms with Gasteiger partial charge in [-0.1, -0.05) is 35.5 Å². The molecule has 2 rings (SSSR count). The van der Waals surface area contributed by atoms with Gasteiger partial charge < -0.3 is 22.4 Å². The SMILES string of the molecule is O/N=C/c1ccc[n+](COCc2ccccc2)c1.[Cl-]. The number of benzene rings is 1. The van der Waals surface area contributed by atoms with E-state index in [9.17, 15) is 0 Å². The monoisotopic (exact) mass is 278 g/mol. The van der Waals surface area contributed by atoms with Gasteiger partial charge in [-0.2, -0.15) is 4.57 Å². The number of aromatic nitrogens is 1. The summed E-state index contributed by atoms with van der Waals surface area (Å²) in [5, 5.41) is 11.5. The van der Waals surface area contributed by atoms with Gasteiger partial charge in [-0.3, -0.25) is 0 Å². The van der Waals surface area contributed by atoms with Crippen molar-refractivity contribution in [3.05, 3.63) is 66.0 Å². The summed E-state index contributed by atoms with van der Waals surface area (Å²) in [6, 6.07) is 13.7. The van der Waals surface area contributed by atoms with Crippen LogP contribution >= 0.6 is 0 Å². The Morgan fingerprint density at radius 1 is 1.16 bits per heavy atom. The molecule has 0 aliphatic rings. The first-order valence-corrected chi connectivity index (χ1v) is 5.67. The summed E-state index contributed by atoms with van der Waals surface area (Å²) in [5.41, 5.74) is 1.97. The Hall–Kier alpha value is -1.91. The molecule has 1 heterocycles. The van der Waals surface area contributed by atoms with Crippen molar-refractivity contribution in [3.63, 3.8) is 0 Å². The van der Waals surface area contributed by atoms with E-state index in [1.807, 2.05) is 59.4 Å². The minimum atomic E-state index is 0. The molecule has 1 N–H and O–H groups in total. The Morgan fingerprint density at radius 2 is 1.95 bits per heavy atom. The van der Waals surface area contributed by atoms with Crippen molar-refractivity contribution < 1.29 is 26.9 Å². The van der Waals surface area contributed by atoms with E-state index in [4.69, 9.17) is 9.94 Å². The van der Waals surface area contributed by atoms with Gasteiger partial charge in [0.25, 0.3) is 6.73 Å². The van der Waals surface area contributed by atoms with E-state index in [0.717, 1.165) is 11.1 Å². The fraction of sp³-hybridized carbons (Fsp3) is 0.143. The van der Waals surface area contributed by atoms with Crippen LogP contribution in [0.5, 0.6) is 0 Å². The number of hydrogen-bond acceptors (Lipinski definition) is 3. The third-order valence-corrected chi connectivity index (χ3v) is 2.44. The van der Waals surface area contributed by atoms with Crippen molar-refractivity contribution in [2.24, 2.45) is 5.16 Å². The Balaban J connectivity index is 0.00000180. The second kappa shape index (κ2) is 8.24. The van der Waals surface area contributed by atoms with Crippen LogP contribution in [0.25, 0.3) is 0 Å². The Bertz CT molecular complexity index is 518. The minimum Gasteiger partial charge on any atom is -1.00 e. The third-order valence-electron chi connectivity index (χ3n) is 2.44. The number of ether oxygens (including phenoxy) is 1. The van der Waals surface area contributed by atoms with Crippen molar-refractivity contribution in [1.82, 2.24) is 0 Å². The molecule has 0 spiro atoms. The maximum atomic E-state index is 8.46. The average Bonchev–Trinajstić information content (AvgIpc) is 2.41. The van der Waals surface area contributed by atoms with E-state index in [1.54, 1.807) is 0 Å². The number of halogens is 1. The van der Waals surface area contributed by atoms with E-state index in [1.165, 1.54) is 6.21 Å². The summed E-state index contributed by atoms with van der Waals surface area (Å²) in [7, 11) is 0. The summed E-state index contributed by atoms with van der Waals surface area (Å²) in [6.07, 6.45) is 5.14. The minimum absolute atomic E-state index is 0. The van der Waals surface area contributed by atoms with Crippen molar-refractivity contribution in [3.8, 4) is 0 Å². The highest BCUT2D eigenvalue weighted by atomic mass is 35.5. The molecule has 100 valence electrons. The zero-order valence-electron chi connectivity index (χ0n) is 10.3. The van der Waals surface area contributed by atoms with Crippen molar-refractivity contribution >= 4 is 6.21 Å². The van der Waals surface area contributed by atoms with Gasteiger partial charge in [0.15, 0.2) is 12.4 Å². The molecule has 0 unspecified atom stereocenters. The molecule has 0 bridgehead atoms. The van der Waals surface area contributed by atoms with E-state index in [0.29, 0.717) is 13.3 Å². The van der Waals surface area contributed by atoms with Crippen LogP contribution in [0.4, 0.5) is 0 Å². The van der Waals surface area contributed by atoms with Crippen LogP contribution < -0.4 is 17.0 Å². The molecule has 0 aliphatic heterocycles. The topological polar surface area (TPSA) is 45.7 Å². The molecule has 2 aromatic rings. The lowest BCUT2D eigenvalue weighted by Gasteiger charge is -2.01. The van der Waals surface area contributed by atoms with Crippen LogP contribution in [0.15, 0.2) is 60.0 Å². The predicted octanol–water partition coefficient (Wildman–Crippen LogP) is -1.04. The van der Waals surface area contributed by atoms with Gasteiger partial charge in [-0.25, -0.2) is 0 Å². The summed E-state index contributed by atoms with van der Waals surface area (Å²) in [4.78, 5) is 0. The van der Waals surface area contributed by atoms with Gasteiger partial charge in [-0.05, 0) is 11.6 Å². The summed E-state index contributed by atoms with van der Waals surface area (Å²) < 4.78 is 7.48. The van der Waals surface area contributed by atoms with E-state index < -0.39 is 0 Å². The lowest BCUT2D eigenvalue weighted by Crippen LogP contribution is -3.00. The zero-order valence-corrected chi connectivity index (χ0v) is 11.1. The van der Waals surface area contributed by atoms with Gasteiger partial charge in [-0.15, -0.1) is 0 Å². The first kappa shape index (κ1) is 15.1. The molecule has 1 aromatic heterocycles. The van der Waals surface area contributed by atoms with Gasteiger partial charge in [0.2, 0.25) is 0 Å². The fourth-order valence-electron chi connectivity index (χ4n) is 1.61. The Kier molecular flexibility index (Phi) is 6.57. The summed E-state index contributed by atoms with van der Waals surface area (Å²) in [6.45, 7) is 1.04. The molecule has 0 fully saturated rings. The maximum Gasteiger partial charge on any atom is 0.252 e. The first-order valence-electron chi connectivity index (χ1n) is 5.67. The van der Waals surface area contributed by atoms with Crippen LogP contribution in [-0.4, -0.2) is 11.4 Å². The Labute approximate surface area is 118 Å². The van der Waals surface area contributed by atoms with E-state index in [2.05, 4.69) is 5.16 Å². The fourth-order valence-corrected chi connectivity index (χ4v) is 1.61. The third kappa shape index (κ3) is 5.07. The summed E-state index contributed by atoms with van der Waals surface area (Å²) >= 11 is 0. The van der Waals surface area contributed by atoms with Gasteiger partial charge in [0.05, 0.1) is 18.4 Å². The molecule has 0 saturated heterocycles. The predicted molar refractivity (Wildman–Crippen MR) is 67.2 cm³/mol. The molecule has 0 radical (unpaired) electrons. The second-order valence-corrected chi connectivity index (χ2v) is 3.86. The van der Waals surface area contributed by atoms with Crippen molar-refractivity contribution in [1.29, 1.82) is 0 Å². The molecule has 0 amide bonds. The molecule has 0 aliphatic carbocycles. The standard InChI is InChI=1S/C14H14N2O2.ClH/c17-15-9-14-7-4-8-16(10-14)12-18-11-13-5-2-1-3-6-13;/h1-10H,11-12H2;1H/b15-9+;. The molecular formula is C14H15ClN2O2. The number of oxime groups is 1. The maximum absolute atomic E-state index is 8.46. The van der Waals surface area contributed by atoms with Crippen molar-refractivity contribution in [2.45, 2.75) is 13.3 Å². The summed E-state index contributed by atoms with van der Waals surface area (Å²) in [5.74, 6) is 0. The molecule has 0 saturated carbocycles. The van der Waals surface area contributed by atoms with Crippen LogP contribution in [0.2, 0.25) is 0 Å². The van der Waals surface area contributed by atoms with Crippen LogP contribution in [-0.2, 0) is 18.1 Å². The van der Waals surface area contributed by atoms with Gasteiger partial charge >= 0.3 is 0 Å². The van der Waals surface area contributed by atoms with Crippen LogP contribution in [0.3, 0.4) is 0 Å². The normalized spacial score (nSPS) is 10.3. The first-order chi connectivity index (χ1) is 8.88. The molecule has 5 heteroatoms. The molecule has 4 nitrogen and oxygen atoms in total. The number of pyridine rings is 1. The quantitative estimate of drug-likeness (QED) is 0.329. The van der Waals surface area contributed by atoms with E-state index in [-0.39, 0.29) is 12.4 Å². The number of nitrogens with zero attached hydrogens (tertiary/aromatic N) is 2. The number of hydrogen-bond donors (Lipinski definition) is 1. The molecule has 19 heavy (non-hydrogen) atoms. The van der Waals surface area contributed by atoms with Gasteiger partial charge in [0, 0.05) is 6.07 Å². The van der Waals surface area contributed by atoms with E-state index >= 15 is 0 Å². The lowest BCUT2D eigenvalue weighted by molar-refractivity contribution is -0.733. The Morgan fingerprint density at radius 3 is 2.68 bits per heavy atom. The largest absolute Gasteiger partial charge is 1.00 e. The molecule has 1 aromatic carbocycles. The highest BCUT2D eigenvalue weighted by molar-refractivity contribution is 5.77. The lowest BCUT2D eigenvalue weighted by atomic mass is 10.2. The smallest absolute Gasteiger partial charge is 0.252 e. The second-order valence-electron chi connectivity index (χ2n) is 3.86. The van der Waals surface area contributed by atoms with Crippen molar-refractivity contribution in [2.75, 3.05) is 0 Å². The average molecular weight is 279 g/mol. The number of rotatable bonds is 5.